The van der Waals surface area contributed by atoms with Crippen molar-refractivity contribution in [3.63, 3.8) is 0 Å². The van der Waals surface area contributed by atoms with Crippen LogP contribution in [0.25, 0.3) is 0 Å². The lowest BCUT2D eigenvalue weighted by Gasteiger charge is -2.20. The molecule has 2 aromatic rings. The second kappa shape index (κ2) is 8.78. The molecule has 3 rings (SSSR count). The third-order valence-electron chi connectivity index (χ3n) is 5.01. The Balaban J connectivity index is 1.54. The fraction of sp³-hybridized carbons (Fsp3) is 0.364. The van der Waals surface area contributed by atoms with Crippen molar-refractivity contribution in [2.75, 3.05) is 13.7 Å². The lowest BCUT2D eigenvalue weighted by Crippen LogP contribution is -2.31. The average Bonchev–Trinajstić information content (AvgIpc) is 2.71. The van der Waals surface area contributed by atoms with Crippen LogP contribution in [0.15, 0.2) is 36.4 Å². The van der Waals surface area contributed by atoms with Gasteiger partial charge in [-0.1, -0.05) is 18.2 Å². The van der Waals surface area contributed by atoms with Crippen LogP contribution in [-0.4, -0.2) is 30.7 Å². The second-order valence-corrected chi connectivity index (χ2v) is 6.98. The minimum atomic E-state index is -0.767. The average molecular weight is 383 g/mol. The monoisotopic (exact) mass is 383 g/mol. The number of phenols is 1. The highest BCUT2D eigenvalue weighted by molar-refractivity contribution is 5.94. The molecule has 0 aliphatic heterocycles. The van der Waals surface area contributed by atoms with Crippen molar-refractivity contribution >= 4 is 11.9 Å². The zero-order chi connectivity index (χ0) is 20.1. The molecule has 28 heavy (non-hydrogen) atoms. The third kappa shape index (κ3) is 4.63. The number of carbonyl (C=O) groups is 2. The molecule has 0 radical (unpaired) electrons. The fourth-order valence-corrected chi connectivity index (χ4v) is 3.41. The number of esters is 1. The third-order valence-corrected chi connectivity index (χ3v) is 5.01. The lowest BCUT2D eigenvalue weighted by molar-refractivity contribution is -0.124. The van der Waals surface area contributed by atoms with Crippen LogP contribution in [0, 0.1) is 0 Å². The van der Waals surface area contributed by atoms with E-state index in [2.05, 4.69) is 17.4 Å². The number of nitrogens with one attached hydrogen (secondary N) is 1. The van der Waals surface area contributed by atoms with Crippen LogP contribution < -0.4 is 10.1 Å². The van der Waals surface area contributed by atoms with Gasteiger partial charge < -0.3 is 19.9 Å². The van der Waals surface area contributed by atoms with Crippen LogP contribution >= 0.6 is 0 Å². The van der Waals surface area contributed by atoms with E-state index in [0.29, 0.717) is 5.75 Å². The molecule has 148 valence electrons. The molecule has 6 nitrogen and oxygen atoms in total. The van der Waals surface area contributed by atoms with Crippen molar-refractivity contribution < 1.29 is 24.2 Å². The Labute approximate surface area is 164 Å². The van der Waals surface area contributed by atoms with Gasteiger partial charge in [0, 0.05) is 6.07 Å². The Hall–Kier alpha value is -3.02. The van der Waals surface area contributed by atoms with Crippen LogP contribution in [0.2, 0.25) is 0 Å². The number of methoxy groups -OCH3 is 1. The molecule has 0 spiro atoms. The van der Waals surface area contributed by atoms with Gasteiger partial charge in [-0.3, -0.25) is 4.79 Å². The minimum absolute atomic E-state index is 0.0173. The molecule has 0 saturated heterocycles. The number of carbonyl (C=O) groups excluding carboxylic acids is 2. The van der Waals surface area contributed by atoms with E-state index >= 15 is 0 Å². The molecule has 0 aromatic heterocycles. The van der Waals surface area contributed by atoms with Crippen LogP contribution in [0.4, 0.5) is 0 Å². The van der Waals surface area contributed by atoms with Crippen LogP contribution in [-0.2, 0) is 22.4 Å². The van der Waals surface area contributed by atoms with E-state index < -0.39 is 18.5 Å². The Morgan fingerprint density at radius 1 is 1.11 bits per heavy atom. The molecule has 6 heteroatoms. The quantitative estimate of drug-likeness (QED) is 0.748. The summed E-state index contributed by atoms with van der Waals surface area (Å²) in [4.78, 5) is 24.2. The maximum absolute atomic E-state index is 12.2. The molecule has 2 aromatic carbocycles. The molecule has 1 atom stereocenters. The van der Waals surface area contributed by atoms with E-state index in [1.807, 2.05) is 13.0 Å². The molecule has 1 aliphatic carbocycles. The van der Waals surface area contributed by atoms with Gasteiger partial charge in [-0.25, -0.2) is 4.79 Å². The van der Waals surface area contributed by atoms with E-state index in [9.17, 15) is 14.7 Å². The molecule has 0 fully saturated rings. The molecule has 2 N–H and O–H groups in total. The van der Waals surface area contributed by atoms with Gasteiger partial charge in [-0.2, -0.15) is 0 Å². The smallest absolute Gasteiger partial charge is 0.342 e. The number of phenolic OH excluding ortho intramolecular Hbond substituents is 1. The molecule has 0 saturated carbocycles. The number of fused-ring (bicyclic) bond motifs is 1. The number of benzene rings is 2. The van der Waals surface area contributed by atoms with Gasteiger partial charge in [-0.05, 0) is 61.4 Å². The summed E-state index contributed by atoms with van der Waals surface area (Å²) < 4.78 is 9.99. The van der Waals surface area contributed by atoms with Crippen molar-refractivity contribution in [2.24, 2.45) is 0 Å². The van der Waals surface area contributed by atoms with Crippen molar-refractivity contribution in [2.45, 2.75) is 38.6 Å². The largest absolute Gasteiger partial charge is 0.507 e. The van der Waals surface area contributed by atoms with E-state index in [4.69, 9.17) is 9.47 Å². The first-order valence-electron chi connectivity index (χ1n) is 9.43. The maximum Gasteiger partial charge on any atom is 0.342 e. The van der Waals surface area contributed by atoms with Crippen molar-refractivity contribution in [3.8, 4) is 11.5 Å². The molecular weight excluding hydrogens is 358 g/mol. The van der Waals surface area contributed by atoms with Gasteiger partial charge in [0.25, 0.3) is 5.91 Å². The molecule has 0 bridgehead atoms. The second-order valence-electron chi connectivity index (χ2n) is 6.98. The highest BCUT2D eigenvalue weighted by atomic mass is 16.5. The van der Waals surface area contributed by atoms with Gasteiger partial charge in [0.1, 0.15) is 17.1 Å². The number of amides is 1. The molecule has 1 amide bonds. The van der Waals surface area contributed by atoms with Crippen LogP contribution in [0.5, 0.6) is 11.5 Å². The summed E-state index contributed by atoms with van der Waals surface area (Å²) in [7, 11) is 1.46. The first-order valence-corrected chi connectivity index (χ1v) is 9.43. The zero-order valence-corrected chi connectivity index (χ0v) is 16.2. The summed E-state index contributed by atoms with van der Waals surface area (Å²) in [5, 5.41) is 12.7. The normalized spacial score (nSPS) is 13.9. The molecule has 0 heterocycles. The standard InChI is InChI=1S/C22H25NO5/c1-14(16-8-7-15-5-3-4-6-17(15)11-16)23-21(25)13-28-22(26)19-10-9-18(27-2)12-20(19)24/h7-12,14,24H,3-6,13H2,1-2H3,(H,23,25)/t14-/m0/s1. The predicted octanol–water partition coefficient (Wildman–Crippen LogP) is 3.31. The maximum atomic E-state index is 12.2. The Bertz CT molecular complexity index is 877. The van der Waals surface area contributed by atoms with Gasteiger partial charge in [-0.15, -0.1) is 0 Å². The summed E-state index contributed by atoms with van der Waals surface area (Å²) in [6, 6.07) is 10.4. The summed E-state index contributed by atoms with van der Waals surface area (Å²) in [5.74, 6) is -0.999. The molecule has 1 aliphatic rings. The lowest BCUT2D eigenvalue weighted by atomic mass is 9.89. The number of aryl methyl sites for hydroxylation is 2. The van der Waals surface area contributed by atoms with Crippen LogP contribution in [0.1, 0.15) is 52.9 Å². The number of aromatic hydroxyl groups is 1. The highest BCUT2D eigenvalue weighted by Gasteiger charge is 2.17. The Kier molecular flexibility index (Phi) is 6.19. The SMILES string of the molecule is COc1ccc(C(=O)OCC(=O)N[C@@H](C)c2ccc3c(c2)CCCC3)c(O)c1. The first kappa shape index (κ1) is 19.7. The van der Waals surface area contributed by atoms with E-state index in [-0.39, 0.29) is 17.4 Å². The Morgan fingerprint density at radius 3 is 2.57 bits per heavy atom. The van der Waals surface area contributed by atoms with Gasteiger partial charge in [0.2, 0.25) is 0 Å². The summed E-state index contributed by atoms with van der Waals surface area (Å²) in [5.41, 5.74) is 3.76. The van der Waals surface area contributed by atoms with Crippen molar-refractivity contribution in [3.05, 3.63) is 58.7 Å². The van der Waals surface area contributed by atoms with E-state index in [0.717, 1.165) is 18.4 Å². The summed E-state index contributed by atoms with van der Waals surface area (Å²) in [6.45, 7) is 1.49. The molecular formula is C22H25NO5. The predicted molar refractivity (Wildman–Crippen MR) is 105 cm³/mol. The first-order chi connectivity index (χ1) is 13.5. The Morgan fingerprint density at radius 2 is 1.86 bits per heavy atom. The zero-order valence-electron chi connectivity index (χ0n) is 16.2. The summed E-state index contributed by atoms with van der Waals surface area (Å²) in [6.07, 6.45) is 4.62. The number of hydrogen-bond donors (Lipinski definition) is 2. The van der Waals surface area contributed by atoms with E-state index in [1.54, 1.807) is 0 Å². The van der Waals surface area contributed by atoms with Gasteiger partial charge in [0.15, 0.2) is 6.61 Å². The summed E-state index contributed by atoms with van der Waals surface area (Å²) >= 11 is 0. The van der Waals surface area contributed by atoms with E-state index in [1.165, 1.54) is 49.3 Å². The van der Waals surface area contributed by atoms with Gasteiger partial charge >= 0.3 is 5.97 Å². The molecule has 0 unspecified atom stereocenters. The highest BCUT2D eigenvalue weighted by Crippen LogP contribution is 2.25. The number of ether oxygens (including phenoxy) is 2. The van der Waals surface area contributed by atoms with Crippen molar-refractivity contribution in [1.29, 1.82) is 0 Å². The fourth-order valence-electron chi connectivity index (χ4n) is 3.41. The van der Waals surface area contributed by atoms with Gasteiger partial charge in [0.05, 0.1) is 13.2 Å². The van der Waals surface area contributed by atoms with Crippen molar-refractivity contribution in [1.82, 2.24) is 5.32 Å². The number of rotatable bonds is 6. The van der Waals surface area contributed by atoms with Crippen LogP contribution in [0.3, 0.4) is 0 Å². The number of hydrogen-bond acceptors (Lipinski definition) is 5. The topological polar surface area (TPSA) is 84.9 Å². The minimum Gasteiger partial charge on any atom is -0.507 e.